The minimum atomic E-state index is -3.75. The summed E-state index contributed by atoms with van der Waals surface area (Å²) in [6.07, 6.45) is 3.04. The average molecular weight is 232 g/mol. The summed E-state index contributed by atoms with van der Waals surface area (Å²) in [5.74, 6) is -0.0964. The molecule has 4 nitrogen and oxygen atoms in total. The van der Waals surface area contributed by atoms with Crippen molar-refractivity contribution in [1.29, 1.82) is 0 Å². The summed E-state index contributed by atoms with van der Waals surface area (Å²) < 4.78 is 30.4. The summed E-state index contributed by atoms with van der Waals surface area (Å²) in [5, 5.41) is 0. The molecule has 0 aromatic heterocycles. The zero-order valence-electron chi connectivity index (χ0n) is 8.07. The predicted molar refractivity (Wildman–Crippen MR) is 58.2 cm³/mol. The van der Waals surface area contributed by atoms with E-state index in [0.29, 0.717) is 6.42 Å². The van der Waals surface area contributed by atoms with Gasteiger partial charge in [-0.05, 0) is 0 Å². The second-order valence-electron chi connectivity index (χ2n) is 4.14. The van der Waals surface area contributed by atoms with E-state index in [-0.39, 0.29) is 35.3 Å². The van der Waals surface area contributed by atoms with Crippen LogP contribution in [0.4, 0.5) is 0 Å². The Morgan fingerprint density at radius 1 is 1.29 bits per heavy atom. The van der Waals surface area contributed by atoms with E-state index in [9.17, 15) is 8.42 Å². The normalized spacial score (nSPS) is 20.4. The van der Waals surface area contributed by atoms with Gasteiger partial charge in [-0.25, -0.2) is 0 Å². The predicted octanol–water partition coefficient (Wildman–Crippen LogP) is -0.144. The standard InChI is InChI=1S/C8H17NO3S.Na.H/c1-9(5-2-3-6-9)7-4-8-13(10,11)12;;/h2-8H2,1H3;;/p+1. The molecular weight excluding hydrogens is 213 g/mol. The molecule has 0 aromatic carbocycles. The average Bonchev–Trinajstić information content (AvgIpc) is 2.33. The first-order chi connectivity index (χ1) is 5.91. The van der Waals surface area contributed by atoms with Crippen molar-refractivity contribution in [2.24, 2.45) is 0 Å². The second-order valence-corrected chi connectivity index (χ2v) is 5.71. The summed E-state index contributed by atoms with van der Waals surface area (Å²) in [5.41, 5.74) is 0. The van der Waals surface area contributed by atoms with E-state index >= 15 is 0 Å². The van der Waals surface area contributed by atoms with Gasteiger partial charge in [0.15, 0.2) is 0 Å². The molecule has 0 aromatic rings. The molecule has 0 amide bonds. The molecule has 1 aliphatic rings. The van der Waals surface area contributed by atoms with Gasteiger partial charge in [-0.1, -0.05) is 0 Å². The third-order valence-electron chi connectivity index (χ3n) is 2.75. The van der Waals surface area contributed by atoms with Crippen LogP contribution < -0.4 is 0 Å². The van der Waals surface area contributed by atoms with Crippen molar-refractivity contribution in [3.8, 4) is 0 Å². The third kappa shape index (κ3) is 5.68. The van der Waals surface area contributed by atoms with Gasteiger partial charge >= 0.3 is 29.6 Å². The van der Waals surface area contributed by atoms with Gasteiger partial charge in [-0.2, -0.15) is 8.42 Å². The third-order valence-corrected chi connectivity index (χ3v) is 3.55. The van der Waals surface area contributed by atoms with Crippen molar-refractivity contribution in [3.63, 3.8) is 0 Å². The number of quaternary nitrogens is 1. The SMILES string of the molecule is C[N+]1(CCCS(=O)(=O)O)CCCC1.[NaH]. The Kier molecular flexibility index (Phi) is 6.18. The van der Waals surface area contributed by atoms with Gasteiger partial charge in [0, 0.05) is 19.3 Å². The van der Waals surface area contributed by atoms with E-state index in [0.717, 1.165) is 24.1 Å². The van der Waals surface area contributed by atoms with E-state index in [1.807, 2.05) is 0 Å². The molecule has 0 unspecified atom stereocenters. The van der Waals surface area contributed by atoms with E-state index in [4.69, 9.17) is 4.55 Å². The van der Waals surface area contributed by atoms with Crippen molar-refractivity contribution < 1.29 is 17.5 Å². The molecule has 1 rings (SSSR count). The van der Waals surface area contributed by atoms with Crippen LogP contribution in [0.2, 0.25) is 0 Å². The van der Waals surface area contributed by atoms with E-state index < -0.39 is 10.1 Å². The first kappa shape index (κ1) is 14.9. The van der Waals surface area contributed by atoms with Gasteiger partial charge in [0.05, 0.1) is 32.4 Å². The number of nitrogens with zero attached hydrogens (tertiary/aromatic N) is 1. The number of rotatable bonds is 4. The van der Waals surface area contributed by atoms with Crippen molar-refractivity contribution in [1.82, 2.24) is 0 Å². The zero-order chi connectivity index (χ0) is 9.95. The van der Waals surface area contributed by atoms with Crippen LogP contribution in [0.15, 0.2) is 0 Å². The molecule has 1 saturated heterocycles. The van der Waals surface area contributed by atoms with E-state index in [2.05, 4.69) is 7.05 Å². The Labute approximate surface area is 108 Å². The fraction of sp³-hybridized carbons (Fsp3) is 1.00. The maximum absolute atomic E-state index is 10.5. The van der Waals surface area contributed by atoms with Crippen molar-refractivity contribution in [2.75, 3.05) is 32.4 Å². The van der Waals surface area contributed by atoms with Gasteiger partial charge < -0.3 is 4.48 Å². The van der Waals surface area contributed by atoms with Crippen LogP contribution in [0, 0.1) is 0 Å². The van der Waals surface area contributed by atoms with Gasteiger partial charge in [0.1, 0.15) is 0 Å². The molecular formula is C8H19NNaO3S+. The van der Waals surface area contributed by atoms with Crippen molar-refractivity contribution in [2.45, 2.75) is 19.3 Å². The molecule has 0 radical (unpaired) electrons. The number of likely N-dealkylation sites (tertiary alicyclic amines) is 1. The molecule has 0 aliphatic carbocycles. The number of hydrogen-bond donors (Lipinski definition) is 1. The molecule has 0 saturated carbocycles. The molecule has 14 heavy (non-hydrogen) atoms. The topological polar surface area (TPSA) is 54.4 Å². The molecule has 1 aliphatic heterocycles. The van der Waals surface area contributed by atoms with Gasteiger partial charge in [0.2, 0.25) is 0 Å². The molecule has 0 spiro atoms. The number of hydrogen-bond acceptors (Lipinski definition) is 2. The fourth-order valence-corrected chi connectivity index (χ4v) is 2.45. The second kappa shape index (κ2) is 5.82. The van der Waals surface area contributed by atoms with Crippen LogP contribution in [0.1, 0.15) is 19.3 Å². The van der Waals surface area contributed by atoms with Crippen LogP contribution in [0.3, 0.4) is 0 Å². The molecule has 80 valence electrons. The Hall–Kier alpha value is 0.870. The first-order valence-corrected chi connectivity index (χ1v) is 6.31. The Balaban J connectivity index is 0.00000169. The monoisotopic (exact) mass is 232 g/mol. The first-order valence-electron chi connectivity index (χ1n) is 4.70. The molecule has 1 N–H and O–H groups in total. The summed E-state index contributed by atoms with van der Waals surface area (Å²) in [6.45, 7) is 3.15. The zero-order valence-corrected chi connectivity index (χ0v) is 8.89. The van der Waals surface area contributed by atoms with Crippen LogP contribution in [0.25, 0.3) is 0 Å². The summed E-state index contributed by atoms with van der Waals surface area (Å²) >= 11 is 0. The van der Waals surface area contributed by atoms with Crippen LogP contribution in [0.5, 0.6) is 0 Å². The molecule has 6 heteroatoms. The van der Waals surface area contributed by atoms with Crippen LogP contribution >= 0.6 is 0 Å². The van der Waals surface area contributed by atoms with E-state index in [1.54, 1.807) is 0 Å². The summed E-state index contributed by atoms with van der Waals surface area (Å²) in [6, 6.07) is 0. The Morgan fingerprint density at radius 3 is 2.21 bits per heavy atom. The maximum atomic E-state index is 10.5. The quantitative estimate of drug-likeness (QED) is 0.417. The molecule has 0 atom stereocenters. The van der Waals surface area contributed by atoms with Crippen LogP contribution in [-0.2, 0) is 10.1 Å². The Bertz CT molecular complexity index is 260. The molecule has 1 fully saturated rings. The van der Waals surface area contributed by atoms with Gasteiger partial charge in [-0.3, -0.25) is 4.55 Å². The van der Waals surface area contributed by atoms with E-state index in [1.165, 1.54) is 12.8 Å². The fourth-order valence-electron chi connectivity index (χ4n) is 1.95. The van der Waals surface area contributed by atoms with Crippen LogP contribution in [-0.4, -0.2) is 79.4 Å². The van der Waals surface area contributed by atoms with Gasteiger partial charge in [-0.15, -0.1) is 0 Å². The Morgan fingerprint density at radius 2 is 1.79 bits per heavy atom. The minimum absolute atomic E-state index is 0. The summed E-state index contributed by atoms with van der Waals surface area (Å²) in [7, 11) is -1.60. The molecule has 1 heterocycles. The van der Waals surface area contributed by atoms with Crippen molar-refractivity contribution >= 4 is 39.7 Å². The van der Waals surface area contributed by atoms with Gasteiger partial charge in [0.25, 0.3) is 10.1 Å². The molecule has 0 bridgehead atoms. The summed E-state index contributed by atoms with van der Waals surface area (Å²) in [4.78, 5) is 0. The van der Waals surface area contributed by atoms with Crippen molar-refractivity contribution in [3.05, 3.63) is 0 Å².